The van der Waals surface area contributed by atoms with E-state index in [4.69, 9.17) is 0 Å². The fourth-order valence-electron chi connectivity index (χ4n) is 2.84. The van der Waals surface area contributed by atoms with E-state index in [2.05, 4.69) is 30.5 Å². The Bertz CT molecular complexity index is 450. The van der Waals surface area contributed by atoms with Crippen LogP contribution in [0.25, 0.3) is 0 Å². The molecule has 2 amide bonds. The molecule has 2 heterocycles. The van der Waals surface area contributed by atoms with E-state index < -0.39 is 0 Å². The van der Waals surface area contributed by atoms with Gasteiger partial charge in [0.2, 0.25) is 11.8 Å². The Morgan fingerprint density at radius 1 is 1.45 bits per heavy atom. The summed E-state index contributed by atoms with van der Waals surface area (Å²) in [5, 5.41) is 3.23. The molecule has 0 aliphatic carbocycles. The molecule has 2 rings (SSSR count). The molecule has 2 saturated heterocycles. The van der Waals surface area contributed by atoms with Crippen LogP contribution in [-0.2, 0) is 9.59 Å². The first-order valence-electron chi connectivity index (χ1n) is 7.68. The van der Waals surface area contributed by atoms with E-state index in [1.807, 2.05) is 4.90 Å². The normalized spacial score (nSPS) is 27.0. The van der Waals surface area contributed by atoms with Crippen LogP contribution in [0.4, 0.5) is 0 Å². The number of carbonyl (C=O) groups is 2. The number of amides is 2. The number of rotatable bonds is 6. The van der Waals surface area contributed by atoms with Gasteiger partial charge in [0, 0.05) is 26.2 Å². The summed E-state index contributed by atoms with van der Waals surface area (Å²) in [4.78, 5) is 28.4. The zero-order chi connectivity index (χ0) is 15.9. The molecule has 2 unspecified atom stereocenters. The summed E-state index contributed by atoms with van der Waals surface area (Å²) in [5.41, 5.74) is 0. The second-order valence-electron chi connectivity index (χ2n) is 5.50. The van der Waals surface area contributed by atoms with Gasteiger partial charge >= 0.3 is 0 Å². The molecule has 122 valence electrons. The van der Waals surface area contributed by atoms with Crippen molar-refractivity contribution in [2.75, 3.05) is 39.4 Å². The van der Waals surface area contributed by atoms with Crippen molar-refractivity contribution >= 4 is 28.4 Å². The molecule has 0 aromatic carbocycles. The monoisotopic (exact) mass is 341 g/mol. The third-order valence-corrected chi connectivity index (χ3v) is 6.12. The van der Waals surface area contributed by atoms with Crippen molar-refractivity contribution in [2.24, 2.45) is 5.92 Å². The number of hydrogen-bond acceptors (Lipinski definition) is 3. The lowest BCUT2D eigenvalue weighted by atomic mass is 10.1. The summed E-state index contributed by atoms with van der Waals surface area (Å²) in [5.74, 6) is 2.09. The number of carbonyl (C=O) groups excluding carboxylic acids is 2. The first-order chi connectivity index (χ1) is 10.7. The first kappa shape index (κ1) is 17.6. The highest BCUT2D eigenvalue weighted by atomic mass is 32.0. The molecular weight excluding hydrogens is 316 g/mol. The SMILES string of the molecule is C=C[C@@H]1C[C@H](C=CPPC)N(CC(=O)N2CCNCC2)C1=O. The summed E-state index contributed by atoms with van der Waals surface area (Å²) >= 11 is 0. The van der Waals surface area contributed by atoms with Gasteiger partial charge in [-0.2, -0.15) is 0 Å². The standard InChI is InChI=1S/C15H25N3O2P2/c1-3-12-10-13(4-9-22-21-2)18(15(12)20)11-14(19)17-7-5-16-6-8-17/h3-4,9,12-13,16,21-22H,1,5-8,10-11H2,2H3/t12-,13+/m1/s1. The van der Waals surface area contributed by atoms with Crippen LogP contribution >= 0.6 is 16.5 Å². The van der Waals surface area contributed by atoms with Gasteiger partial charge in [0.05, 0.1) is 12.0 Å². The zero-order valence-corrected chi connectivity index (χ0v) is 15.0. The van der Waals surface area contributed by atoms with Crippen molar-refractivity contribution in [3.8, 4) is 0 Å². The second-order valence-corrected chi connectivity index (χ2v) is 8.98. The summed E-state index contributed by atoms with van der Waals surface area (Å²) in [6.45, 7) is 9.23. The fourth-order valence-corrected chi connectivity index (χ4v) is 4.12. The predicted molar refractivity (Wildman–Crippen MR) is 94.9 cm³/mol. The minimum absolute atomic E-state index is 0.0335. The highest BCUT2D eigenvalue weighted by Gasteiger charge is 2.38. The molecule has 0 saturated carbocycles. The van der Waals surface area contributed by atoms with Crippen LogP contribution in [0, 0.1) is 5.92 Å². The van der Waals surface area contributed by atoms with Crippen LogP contribution in [0.2, 0.25) is 0 Å². The van der Waals surface area contributed by atoms with E-state index in [9.17, 15) is 9.59 Å². The van der Waals surface area contributed by atoms with Gasteiger partial charge in [0.15, 0.2) is 0 Å². The van der Waals surface area contributed by atoms with E-state index in [1.54, 1.807) is 11.0 Å². The van der Waals surface area contributed by atoms with E-state index in [0.717, 1.165) is 49.1 Å². The number of hydrogen-bond donors (Lipinski definition) is 1. The second kappa shape index (κ2) is 8.76. The molecule has 0 bridgehead atoms. The third-order valence-electron chi connectivity index (χ3n) is 4.10. The van der Waals surface area contributed by atoms with Crippen molar-refractivity contribution in [3.05, 3.63) is 24.5 Å². The van der Waals surface area contributed by atoms with Gasteiger partial charge < -0.3 is 15.1 Å². The highest BCUT2D eigenvalue weighted by molar-refractivity contribution is 8.12. The number of nitrogens with one attached hydrogen (secondary N) is 1. The molecule has 0 aromatic rings. The Hall–Kier alpha value is -0.760. The zero-order valence-electron chi connectivity index (χ0n) is 13.0. The summed E-state index contributed by atoms with van der Waals surface area (Å²) < 4.78 is 0. The predicted octanol–water partition coefficient (Wildman–Crippen LogP) is 1.24. The van der Waals surface area contributed by atoms with Gasteiger partial charge in [0.1, 0.15) is 6.54 Å². The molecular formula is C15H25N3O2P2. The minimum Gasteiger partial charge on any atom is -0.339 e. The topological polar surface area (TPSA) is 52.7 Å². The van der Waals surface area contributed by atoms with Crippen LogP contribution in [0.3, 0.4) is 0 Å². The number of likely N-dealkylation sites (tertiary alicyclic amines) is 1. The largest absolute Gasteiger partial charge is 0.339 e. The molecule has 4 atom stereocenters. The smallest absolute Gasteiger partial charge is 0.242 e. The Balaban J connectivity index is 2.01. The average molecular weight is 341 g/mol. The summed E-state index contributed by atoms with van der Waals surface area (Å²) in [6, 6.07) is 0.0335. The highest BCUT2D eigenvalue weighted by Crippen LogP contribution is 2.35. The Morgan fingerprint density at radius 2 is 2.18 bits per heavy atom. The van der Waals surface area contributed by atoms with Crippen LogP contribution in [-0.4, -0.2) is 67.0 Å². The molecule has 2 aliphatic rings. The van der Waals surface area contributed by atoms with Gasteiger partial charge in [-0.1, -0.05) is 34.5 Å². The molecule has 0 spiro atoms. The molecule has 7 heteroatoms. The molecule has 1 N–H and O–H groups in total. The Morgan fingerprint density at radius 3 is 2.82 bits per heavy atom. The maximum absolute atomic E-state index is 12.4. The van der Waals surface area contributed by atoms with Crippen LogP contribution in [0.15, 0.2) is 24.5 Å². The lowest BCUT2D eigenvalue weighted by Crippen LogP contribution is -2.50. The van der Waals surface area contributed by atoms with Crippen molar-refractivity contribution in [3.63, 3.8) is 0 Å². The van der Waals surface area contributed by atoms with E-state index in [1.165, 1.54) is 0 Å². The van der Waals surface area contributed by atoms with Gasteiger partial charge in [-0.15, -0.1) is 6.58 Å². The molecule has 22 heavy (non-hydrogen) atoms. The number of piperazine rings is 1. The van der Waals surface area contributed by atoms with Gasteiger partial charge in [0.25, 0.3) is 0 Å². The molecule has 0 aromatic heterocycles. The van der Waals surface area contributed by atoms with E-state index in [-0.39, 0.29) is 30.3 Å². The Labute approximate surface area is 136 Å². The van der Waals surface area contributed by atoms with Crippen LogP contribution in [0.5, 0.6) is 0 Å². The fraction of sp³-hybridized carbons (Fsp3) is 0.600. The third kappa shape index (κ3) is 4.38. The minimum atomic E-state index is -0.155. The molecule has 2 aliphatic heterocycles. The maximum atomic E-state index is 12.4. The van der Waals surface area contributed by atoms with E-state index in [0.29, 0.717) is 0 Å². The van der Waals surface area contributed by atoms with Crippen molar-refractivity contribution in [2.45, 2.75) is 12.5 Å². The van der Waals surface area contributed by atoms with Crippen LogP contribution < -0.4 is 5.32 Å². The van der Waals surface area contributed by atoms with Crippen molar-refractivity contribution in [1.29, 1.82) is 0 Å². The molecule has 5 nitrogen and oxygen atoms in total. The first-order valence-corrected chi connectivity index (χ1v) is 11.3. The van der Waals surface area contributed by atoms with Crippen molar-refractivity contribution < 1.29 is 9.59 Å². The lowest BCUT2D eigenvalue weighted by Gasteiger charge is -2.30. The average Bonchev–Trinajstić information content (AvgIpc) is 2.84. The maximum Gasteiger partial charge on any atom is 0.242 e. The summed E-state index contributed by atoms with van der Waals surface area (Å²) in [6.07, 6.45) is 4.55. The molecule has 0 radical (unpaired) electrons. The van der Waals surface area contributed by atoms with Crippen LogP contribution in [0.1, 0.15) is 6.42 Å². The number of nitrogens with zero attached hydrogens (tertiary/aromatic N) is 2. The van der Waals surface area contributed by atoms with Gasteiger partial charge in [-0.25, -0.2) is 0 Å². The van der Waals surface area contributed by atoms with Gasteiger partial charge in [-0.05, 0) is 13.1 Å². The molecule has 2 fully saturated rings. The Kier molecular flexibility index (Phi) is 7.01. The van der Waals surface area contributed by atoms with Crippen molar-refractivity contribution in [1.82, 2.24) is 15.1 Å². The van der Waals surface area contributed by atoms with Gasteiger partial charge in [-0.3, -0.25) is 9.59 Å². The summed E-state index contributed by atoms with van der Waals surface area (Å²) in [7, 11) is 1.69. The quantitative estimate of drug-likeness (QED) is 0.584. The van der Waals surface area contributed by atoms with E-state index >= 15 is 0 Å². The lowest BCUT2D eigenvalue weighted by molar-refractivity contribution is -0.140.